The SMILES string of the molecule is O=C1CC(C(=O)N2CCC(Cc3cc(F)cc(F)c3)CC2)c2ccccc2N1. The number of halogens is 2. The second-order valence-corrected chi connectivity index (χ2v) is 7.64. The monoisotopic (exact) mass is 384 g/mol. The van der Waals surface area contributed by atoms with E-state index in [-0.39, 0.29) is 24.2 Å². The van der Waals surface area contributed by atoms with Crippen LogP contribution in [0.15, 0.2) is 42.5 Å². The van der Waals surface area contributed by atoms with E-state index in [4.69, 9.17) is 0 Å². The second kappa shape index (κ2) is 7.70. The minimum absolute atomic E-state index is 0.0162. The van der Waals surface area contributed by atoms with Gasteiger partial charge in [-0.3, -0.25) is 9.59 Å². The number of nitrogens with zero attached hydrogens (tertiary/aromatic N) is 1. The number of para-hydroxylation sites is 1. The maximum atomic E-state index is 13.4. The van der Waals surface area contributed by atoms with Crippen molar-refractivity contribution in [3.63, 3.8) is 0 Å². The summed E-state index contributed by atoms with van der Waals surface area (Å²) in [5.74, 6) is -1.43. The number of nitrogens with one attached hydrogen (secondary N) is 1. The number of benzene rings is 2. The van der Waals surface area contributed by atoms with Crippen LogP contribution in [0.1, 0.15) is 36.3 Å². The fraction of sp³-hybridized carbons (Fsp3) is 0.364. The van der Waals surface area contributed by atoms with E-state index in [1.165, 1.54) is 12.1 Å². The zero-order valence-corrected chi connectivity index (χ0v) is 15.5. The van der Waals surface area contributed by atoms with Crippen molar-refractivity contribution in [3.05, 3.63) is 65.2 Å². The third-order valence-corrected chi connectivity index (χ3v) is 5.67. The summed E-state index contributed by atoms with van der Waals surface area (Å²) in [6.07, 6.45) is 2.33. The van der Waals surface area contributed by atoms with Crippen LogP contribution in [0.4, 0.5) is 14.5 Å². The zero-order chi connectivity index (χ0) is 19.7. The fourth-order valence-corrected chi connectivity index (χ4v) is 4.27. The molecule has 0 aromatic heterocycles. The number of amides is 2. The molecule has 2 aliphatic heterocycles. The first-order valence-corrected chi connectivity index (χ1v) is 9.62. The van der Waals surface area contributed by atoms with E-state index in [1.807, 2.05) is 29.2 Å². The van der Waals surface area contributed by atoms with Gasteiger partial charge in [-0.15, -0.1) is 0 Å². The van der Waals surface area contributed by atoms with Gasteiger partial charge in [0, 0.05) is 31.3 Å². The van der Waals surface area contributed by atoms with Gasteiger partial charge in [0.2, 0.25) is 11.8 Å². The lowest BCUT2D eigenvalue weighted by Gasteiger charge is -2.35. The van der Waals surface area contributed by atoms with Crippen LogP contribution in [0.5, 0.6) is 0 Å². The van der Waals surface area contributed by atoms with Crippen LogP contribution in [-0.2, 0) is 16.0 Å². The smallest absolute Gasteiger partial charge is 0.230 e. The summed E-state index contributed by atoms with van der Waals surface area (Å²) >= 11 is 0. The number of hydrogen-bond donors (Lipinski definition) is 1. The summed E-state index contributed by atoms with van der Waals surface area (Å²) in [4.78, 5) is 26.9. The molecule has 2 heterocycles. The number of likely N-dealkylation sites (tertiary alicyclic amines) is 1. The molecule has 2 aliphatic rings. The van der Waals surface area contributed by atoms with E-state index in [0.29, 0.717) is 30.8 Å². The molecule has 1 unspecified atom stereocenters. The highest BCUT2D eigenvalue weighted by Gasteiger charge is 2.34. The lowest BCUT2D eigenvalue weighted by Crippen LogP contribution is -2.43. The number of carbonyl (C=O) groups excluding carboxylic acids is 2. The van der Waals surface area contributed by atoms with Gasteiger partial charge in [-0.25, -0.2) is 8.78 Å². The van der Waals surface area contributed by atoms with Gasteiger partial charge >= 0.3 is 0 Å². The molecule has 1 atom stereocenters. The molecule has 1 saturated heterocycles. The third-order valence-electron chi connectivity index (χ3n) is 5.67. The molecule has 4 nitrogen and oxygen atoms in total. The highest BCUT2D eigenvalue weighted by atomic mass is 19.1. The molecule has 6 heteroatoms. The molecule has 0 spiro atoms. The fourth-order valence-electron chi connectivity index (χ4n) is 4.27. The van der Waals surface area contributed by atoms with Crippen molar-refractivity contribution in [2.45, 2.75) is 31.6 Å². The highest BCUT2D eigenvalue weighted by Crippen LogP contribution is 2.34. The first kappa shape index (κ1) is 18.6. The van der Waals surface area contributed by atoms with E-state index >= 15 is 0 Å². The Bertz CT molecular complexity index is 887. The summed E-state index contributed by atoms with van der Waals surface area (Å²) < 4.78 is 26.8. The molecule has 2 aromatic rings. The van der Waals surface area contributed by atoms with Crippen LogP contribution in [0.2, 0.25) is 0 Å². The number of fused-ring (bicyclic) bond motifs is 1. The zero-order valence-electron chi connectivity index (χ0n) is 15.5. The molecule has 0 aliphatic carbocycles. The molecular formula is C22H22F2N2O2. The number of anilines is 1. The van der Waals surface area contributed by atoms with Gasteiger partial charge in [0.25, 0.3) is 0 Å². The summed E-state index contributed by atoms with van der Waals surface area (Å²) in [5.41, 5.74) is 2.23. The van der Waals surface area contributed by atoms with Gasteiger partial charge < -0.3 is 10.2 Å². The Morgan fingerprint density at radius 1 is 1.07 bits per heavy atom. The minimum atomic E-state index is -0.558. The first-order valence-electron chi connectivity index (χ1n) is 9.62. The molecule has 4 rings (SSSR count). The number of hydrogen-bond acceptors (Lipinski definition) is 2. The Morgan fingerprint density at radius 2 is 1.75 bits per heavy atom. The molecule has 1 N–H and O–H groups in total. The van der Waals surface area contributed by atoms with Crippen molar-refractivity contribution >= 4 is 17.5 Å². The van der Waals surface area contributed by atoms with Gasteiger partial charge in [0.15, 0.2) is 0 Å². The molecule has 2 amide bonds. The van der Waals surface area contributed by atoms with Crippen LogP contribution in [-0.4, -0.2) is 29.8 Å². The lowest BCUT2D eigenvalue weighted by atomic mass is 9.86. The minimum Gasteiger partial charge on any atom is -0.342 e. The van der Waals surface area contributed by atoms with E-state index in [0.717, 1.165) is 24.5 Å². The van der Waals surface area contributed by atoms with Crippen molar-refractivity contribution in [2.24, 2.45) is 5.92 Å². The van der Waals surface area contributed by atoms with Gasteiger partial charge in [0.1, 0.15) is 11.6 Å². The van der Waals surface area contributed by atoms with Crippen LogP contribution >= 0.6 is 0 Å². The third kappa shape index (κ3) is 3.91. The van der Waals surface area contributed by atoms with Crippen molar-refractivity contribution in [1.82, 2.24) is 4.90 Å². The predicted octanol–water partition coefficient (Wildman–Crippen LogP) is 3.87. The Morgan fingerprint density at radius 3 is 2.46 bits per heavy atom. The van der Waals surface area contributed by atoms with Crippen molar-refractivity contribution in [3.8, 4) is 0 Å². The van der Waals surface area contributed by atoms with Crippen LogP contribution in [0.25, 0.3) is 0 Å². The topological polar surface area (TPSA) is 49.4 Å². The Balaban J connectivity index is 1.40. The van der Waals surface area contributed by atoms with E-state index in [1.54, 1.807) is 0 Å². The van der Waals surface area contributed by atoms with Gasteiger partial charge in [-0.1, -0.05) is 18.2 Å². The average Bonchev–Trinajstić information content (AvgIpc) is 2.66. The number of carbonyl (C=O) groups is 2. The largest absolute Gasteiger partial charge is 0.342 e. The quantitative estimate of drug-likeness (QED) is 0.873. The van der Waals surface area contributed by atoms with Gasteiger partial charge in [-0.2, -0.15) is 0 Å². The van der Waals surface area contributed by atoms with Crippen molar-refractivity contribution in [2.75, 3.05) is 18.4 Å². The average molecular weight is 384 g/mol. The Kier molecular flexibility index (Phi) is 5.11. The lowest BCUT2D eigenvalue weighted by molar-refractivity contribution is -0.136. The summed E-state index contributed by atoms with van der Waals surface area (Å²) in [6, 6.07) is 11.0. The molecule has 28 heavy (non-hydrogen) atoms. The van der Waals surface area contributed by atoms with Crippen LogP contribution < -0.4 is 5.32 Å². The maximum absolute atomic E-state index is 13.4. The summed E-state index contributed by atoms with van der Waals surface area (Å²) in [5, 5.41) is 2.82. The van der Waals surface area contributed by atoms with Crippen LogP contribution in [0.3, 0.4) is 0 Å². The van der Waals surface area contributed by atoms with Gasteiger partial charge in [0.05, 0.1) is 5.92 Å². The summed E-state index contributed by atoms with van der Waals surface area (Å²) in [7, 11) is 0. The normalized spacial score (nSPS) is 19.9. The molecule has 0 radical (unpaired) electrons. The Hall–Kier alpha value is -2.76. The number of piperidine rings is 1. The second-order valence-electron chi connectivity index (χ2n) is 7.64. The maximum Gasteiger partial charge on any atom is 0.230 e. The first-order chi connectivity index (χ1) is 13.5. The van der Waals surface area contributed by atoms with Crippen molar-refractivity contribution in [1.29, 1.82) is 0 Å². The summed E-state index contributed by atoms with van der Waals surface area (Å²) in [6.45, 7) is 1.20. The number of rotatable bonds is 3. The van der Waals surface area contributed by atoms with E-state index in [2.05, 4.69) is 5.32 Å². The van der Waals surface area contributed by atoms with Gasteiger partial charge in [-0.05, 0) is 54.5 Å². The molecule has 0 bridgehead atoms. The van der Waals surface area contributed by atoms with Crippen molar-refractivity contribution < 1.29 is 18.4 Å². The highest BCUT2D eigenvalue weighted by molar-refractivity contribution is 6.01. The molecule has 2 aromatic carbocycles. The van der Waals surface area contributed by atoms with E-state index < -0.39 is 17.6 Å². The van der Waals surface area contributed by atoms with E-state index in [9.17, 15) is 18.4 Å². The molecule has 1 fully saturated rings. The molecular weight excluding hydrogens is 362 g/mol. The predicted molar refractivity (Wildman–Crippen MR) is 102 cm³/mol. The standard InChI is InChI=1S/C22H22F2N2O2/c23-16-10-15(11-17(24)12-16)9-14-5-7-26(8-6-14)22(28)19-13-21(27)25-20-4-2-1-3-18(19)20/h1-4,10-12,14,19H,5-9,13H2,(H,25,27). The van der Waals surface area contributed by atoms with Crippen LogP contribution in [0, 0.1) is 17.6 Å². The molecule has 0 saturated carbocycles. The Labute approximate surface area is 162 Å². The molecule has 146 valence electrons.